The number of ether oxygens (including phenoxy) is 3. The summed E-state index contributed by atoms with van der Waals surface area (Å²) in [5.41, 5.74) is 0. The highest BCUT2D eigenvalue weighted by Gasteiger charge is 2.29. The van der Waals surface area contributed by atoms with Crippen LogP contribution in [0.5, 0.6) is 0 Å². The molecule has 5 unspecified atom stereocenters. The number of hydrogen-bond donors (Lipinski definition) is 4. The van der Waals surface area contributed by atoms with Crippen molar-refractivity contribution >= 4 is 33.6 Å². The van der Waals surface area contributed by atoms with Crippen LogP contribution < -0.4 is 0 Å². The fraction of sp³-hybridized carbons (Fsp3) is 0.627. The summed E-state index contributed by atoms with van der Waals surface area (Å²) >= 11 is 0. The Morgan fingerprint density at radius 1 is 0.341 bits per heavy atom. The minimum Gasteiger partial charge on any atom is -0.463 e. The summed E-state index contributed by atoms with van der Waals surface area (Å²) in [6.45, 7) is 2.25. The van der Waals surface area contributed by atoms with Gasteiger partial charge >= 0.3 is 33.6 Å². The van der Waals surface area contributed by atoms with E-state index in [4.69, 9.17) is 32.3 Å². The van der Waals surface area contributed by atoms with Gasteiger partial charge in [-0.15, -0.1) is 0 Å². The average Bonchev–Trinajstić information content (AvgIpc) is 3.60. The zero-order valence-corrected chi connectivity index (χ0v) is 53.8. The normalized spacial score (nSPS) is 15.2. The van der Waals surface area contributed by atoms with E-state index in [1.165, 1.54) is 12.8 Å². The molecule has 0 saturated carbocycles. The van der Waals surface area contributed by atoms with Gasteiger partial charge in [-0.1, -0.05) is 206 Å². The van der Waals surface area contributed by atoms with E-state index in [9.17, 15) is 43.5 Å². The Bertz CT molecular complexity index is 2090. The molecule has 0 aliphatic heterocycles. The van der Waals surface area contributed by atoms with Crippen molar-refractivity contribution in [3.8, 4) is 0 Å². The second kappa shape index (κ2) is 60.0. The molecule has 85 heavy (non-hydrogen) atoms. The second-order valence-corrected chi connectivity index (χ2v) is 23.3. The molecule has 0 fully saturated rings. The van der Waals surface area contributed by atoms with Gasteiger partial charge in [-0.2, -0.15) is 0 Å². The average molecular weight is 1230 g/mol. The van der Waals surface area contributed by atoms with E-state index in [1.54, 1.807) is 0 Å². The van der Waals surface area contributed by atoms with Crippen LogP contribution in [0.15, 0.2) is 134 Å². The molecule has 0 aliphatic carbocycles. The Kier molecular flexibility index (Phi) is 57.0. The molecule has 0 bridgehead atoms. The largest absolute Gasteiger partial charge is 0.472 e. The lowest BCUT2D eigenvalue weighted by Crippen LogP contribution is -2.30. The highest BCUT2D eigenvalue weighted by molar-refractivity contribution is 7.47. The lowest BCUT2D eigenvalue weighted by atomic mass is 10.1. The van der Waals surface area contributed by atoms with Crippen molar-refractivity contribution in [2.24, 2.45) is 0 Å². The van der Waals surface area contributed by atoms with Crippen LogP contribution in [-0.4, -0.2) is 95.9 Å². The number of phosphoric ester groups is 2. The predicted octanol–water partition coefficient (Wildman–Crippen LogP) is 16.9. The number of rotatable bonds is 58. The van der Waals surface area contributed by atoms with Gasteiger partial charge in [-0.25, -0.2) is 9.13 Å². The first-order valence-electron chi connectivity index (χ1n) is 31.5. The molecule has 0 spiro atoms. The van der Waals surface area contributed by atoms with Gasteiger partial charge in [0.2, 0.25) is 0 Å². The number of phosphoric acid groups is 2. The fourth-order valence-corrected chi connectivity index (χ4v) is 9.14. The van der Waals surface area contributed by atoms with E-state index in [-0.39, 0.29) is 19.3 Å². The van der Waals surface area contributed by atoms with Crippen molar-refractivity contribution in [3.05, 3.63) is 134 Å². The Morgan fingerprint density at radius 3 is 1.05 bits per heavy atom. The standard InChI is InChI=1S/C67H110O16P2/c1-4-7-10-13-16-19-22-24-26-28-29-30-31-33-35-36-39-41-44-47-50-53-65(70)77-56-62(68)57-79-84(73,74)80-58-63(69)59-81-85(75,76)82-61-64(83-67(72)55-52-49-46-43-38-21-18-15-12-9-6-3)60-78-66(71)54-51-48-45-42-40-37-34-32-27-25-23-20-17-14-11-8-5-2/h7-8,10-11,15-20,24-27,29-30,33-35,37,42,45,62-64,68-69H,4-6,9,12-14,21-23,28,31-32,36,38-41,43-44,46-61H2,1-3H3,(H,73,74)(H,75,76)/b10-7-,11-8-,18-15-,19-16-,20-17-,26-24-,27-25-,30-29-,35-33-,37-34-,45-42-. The number of aliphatic hydroxyl groups is 2. The molecule has 0 rings (SSSR count). The quantitative estimate of drug-likeness (QED) is 0.0146. The third-order valence-electron chi connectivity index (χ3n) is 12.3. The van der Waals surface area contributed by atoms with Crippen molar-refractivity contribution in [1.29, 1.82) is 0 Å². The summed E-state index contributed by atoms with van der Waals surface area (Å²) < 4.78 is 60.6. The van der Waals surface area contributed by atoms with Crippen LogP contribution >= 0.6 is 15.6 Å². The Hall–Kier alpha value is -4.31. The summed E-state index contributed by atoms with van der Waals surface area (Å²) in [5, 5.41) is 20.5. The van der Waals surface area contributed by atoms with Gasteiger partial charge < -0.3 is 34.2 Å². The first-order valence-corrected chi connectivity index (χ1v) is 34.5. The molecule has 0 aromatic heterocycles. The van der Waals surface area contributed by atoms with E-state index in [0.717, 1.165) is 135 Å². The maximum atomic E-state index is 12.8. The predicted molar refractivity (Wildman–Crippen MR) is 343 cm³/mol. The summed E-state index contributed by atoms with van der Waals surface area (Å²) in [6, 6.07) is 0. The maximum absolute atomic E-state index is 12.8. The molecule has 4 N–H and O–H groups in total. The molecular weight excluding hydrogens is 1120 g/mol. The SMILES string of the molecule is CC/C=C\C/C=C\C/C=C\C/C=C\C/C=C\CCCCCCCC(=O)OCC(O)COP(=O)(O)OCC(O)COP(=O)(O)OCC(COC(=O)CCC/C=C\C/C=C\C/C=C\C/C=C\C/C=C\CC)OC(=O)CCCCCCC/C=C\CCCC. The Labute approximate surface area is 512 Å². The van der Waals surface area contributed by atoms with Gasteiger partial charge in [0.15, 0.2) is 6.10 Å². The van der Waals surface area contributed by atoms with Crippen molar-refractivity contribution in [2.75, 3.05) is 39.6 Å². The minimum absolute atomic E-state index is 0.0773. The third-order valence-corrected chi connectivity index (χ3v) is 14.2. The number of hydrogen-bond acceptors (Lipinski definition) is 14. The summed E-state index contributed by atoms with van der Waals surface area (Å²) in [7, 11) is -9.80. The molecule has 0 aromatic carbocycles. The maximum Gasteiger partial charge on any atom is 0.472 e. The third kappa shape index (κ3) is 61.1. The zero-order chi connectivity index (χ0) is 62.4. The molecule has 484 valence electrons. The molecule has 0 aliphatic rings. The van der Waals surface area contributed by atoms with E-state index in [1.807, 2.05) is 12.2 Å². The molecule has 0 saturated heterocycles. The summed E-state index contributed by atoms with van der Waals surface area (Å²) in [6.07, 6.45) is 68.2. The van der Waals surface area contributed by atoms with Crippen LogP contribution in [0.4, 0.5) is 0 Å². The lowest BCUT2D eigenvalue weighted by Gasteiger charge is -2.21. The minimum atomic E-state index is -4.94. The number of unbranched alkanes of at least 4 members (excludes halogenated alkanes) is 13. The number of carbonyl (C=O) groups excluding carboxylic acids is 3. The molecule has 0 amide bonds. The van der Waals surface area contributed by atoms with Gasteiger partial charge in [0.25, 0.3) is 0 Å². The smallest absolute Gasteiger partial charge is 0.463 e. The van der Waals surface area contributed by atoms with Crippen LogP contribution in [0.1, 0.15) is 213 Å². The molecule has 0 heterocycles. The van der Waals surface area contributed by atoms with Crippen LogP contribution in [0.2, 0.25) is 0 Å². The summed E-state index contributed by atoms with van der Waals surface area (Å²) in [5.74, 6) is -1.68. The van der Waals surface area contributed by atoms with Gasteiger partial charge in [0.1, 0.15) is 25.4 Å². The van der Waals surface area contributed by atoms with Crippen LogP contribution in [0.3, 0.4) is 0 Å². The first-order chi connectivity index (χ1) is 41.2. The Balaban J connectivity index is 4.67. The van der Waals surface area contributed by atoms with Crippen molar-refractivity contribution < 1.29 is 75.8 Å². The number of carbonyl (C=O) groups is 3. The van der Waals surface area contributed by atoms with E-state index < -0.39 is 91.5 Å². The molecule has 0 radical (unpaired) electrons. The fourth-order valence-electron chi connectivity index (χ4n) is 7.55. The van der Waals surface area contributed by atoms with Gasteiger partial charge in [-0.05, 0) is 122 Å². The molecule has 0 aromatic rings. The molecular formula is C67H110O16P2. The number of esters is 3. The molecule has 5 atom stereocenters. The molecule has 16 nitrogen and oxygen atoms in total. The first kappa shape index (κ1) is 80.7. The second-order valence-electron chi connectivity index (χ2n) is 20.4. The molecule has 18 heteroatoms. The highest BCUT2D eigenvalue weighted by atomic mass is 31.2. The number of aliphatic hydroxyl groups excluding tert-OH is 2. The van der Waals surface area contributed by atoms with E-state index in [0.29, 0.717) is 25.7 Å². The number of allylic oxidation sites excluding steroid dienone is 22. The monoisotopic (exact) mass is 1230 g/mol. The van der Waals surface area contributed by atoms with Crippen molar-refractivity contribution in [2.45, 2.75) is 232 Å². The van der Waals surface area contributed by atoms with Gasteiger partial charge in [0, 0.05) is 19.3 Å². The lowest BCUT2D eigenvalue weighted by molar-refractivity contribution is -0.161. The van der Waals surface area contributed by atoms with Crippen molar-refractivity contribution in [3.63, 3.8) is 0 Å². The highest BCUT2D eigenvalue weighted by Crippen LogP contribution is 2.45. The van der Waals surface area contributed by atoms with Crippen LogP contribution in [-0.2, 0) is 55.8 Å². The van der Waals surface area contributed by atoms with Gasteiger partial charge in [0.05, 0.1) is 26.4 Å². The topological polar surface area (TPSA) is 231 Å². The van der Waals surface area contributed by atoms with E-state index in [2.05, 4.69) is 142 Å². The van der Waals surface area contributed by atoms with Crippen molar-refractivity contribution in [1.82, 2.24) is 0 Å². The Morgan fingerprint density at radius 2 is 0.635 bits per heavy atom. The van der Waals surface area contributed by atoms with Crippen LogP contribution in [0, 0.1) is 0 Å². The summed E-state index contributed by atoms with van der Waals surface area (Å²) in [4.78, 5) is 58.1. The van der Waals surface area contributed by atoms with Gasteiger partial charge in [-0.3, -0.25) is 32.5 Å². The van der Waals surface area contributed by atoms with Crippen LogP contribution in [0.25, 0.3) is 0 Å². The van der Waals surface area contributed by atoms with E-state index >= 15 is 0 Å². The zero-order valence-electron chi connectivity index (χ0n) is 52.0.